The van der Waals surface area contributed by atoms with Crippen LogP contribution in [0.5, 0.6) is 0 Å². The van der Waals surface area contributed by atoms with Crippen molar-refractivity contribution in [2.45, 2.75) is 34.2 Å². The molecule has 0 aliphatic carbocycles. The van der Waals surface area contributed by atoms with Crippen LogP contribution in [0.4, 0.5) is 0 Å². The van der Waals surface area contributed by atoms with E-state index in [4.69, 9.17) is 9.51 Å². The van der Waals surface area contributed by atoms with Crippen molar-refractivity contribution in [1.29, 1.82) is 0 Å². The maximum atomic E-state index is 12.9. The first kappa shape index (κ1) is 19.0. The van der Waals surface area contributed by atoms with Gasteiger partial charge >= 0.3 is 0 Å². The number of hydrogen-bond donors (Lipinski definition) is 1. The third-order valence-corrected chi connectivity index (χ3v) is 5.55. The quantitative estimate of drug-likeness (QED) is 0.482. The second-order valence-electron chi connectivity index (χ2n) is 7.77. The van der Waals surface area contributed by atoms with Crippen LogP contribution in [-0.4, -0.2) is 29.5 Å². The first-order valence-electron chi connectivity index (χ1n) is 10.1. The summed E-state index contributed by atoms with van der Waals surface area (Å²) < 4.78 is 8.85. The molecule has 0 saturated heterocycles. The fourth-order valence-corrected chi connectivity index (χ4v) is 3.92. The average molecular weight is 414 g/mol. The molecular formula is C23H22N6O2. The molecule has 0 fully saturated rings. The first-order chi connectivity index (χ1) is 14.9. The molecule has 0 bridgehead atoms. The van der Waals surface area contributed by atoms with Gasteiger partial charge in [-0.1, -0.05) is 35.5 Å². The van der Waals surface area contributed by atoms with Crippen LogP contribution in [0.2, 0.25) is 0 Å². The minimum atomic E-state index is -0.206. The molecule has 4 heterocycles. The summed E-state index contributed by atoms with van der Waals surface area (Å²) in [4.78, 5) is 17.7. The number of rotatable bonds is 4. The SMILES string of the molecule is Cc1cc(C)n(Cc2c(-c3cc(=O)n4[nH]c(-c5ccccc5)c(C)c4n3)noc2C)n1. The van der Waals surface area contributed by atoms with Crippen molar-refractivity contribution in [2.75, 3.05) is 0 Å². The number of H-pyrrole nitrogens is 1. The number of nitrogens with zero attached hydrogens (tertiary/aromatic N) is 5. The van der Waals surface area contributed by atoms with Crippen molar-refractivity contribution in [3.05, 3.63) is 81.1 Å². The molecule has 8 nitrogen and oxygen atoms in total. The van der Waals surface area contributed by atoms with E-state index >= 15 is 0 Å². The molecule has 0 aliphatic heterocycles. The predicted octanol–water partition coefficient (Wildman–Crippen LogP) is 3.82. The number of benzene rings is 1. The lowest BCUT2D eigenvalue weighted by Crippen LogP contribution is -2.15. The van der Waals surface area contributed by atoms with Gasteiger partial charge in [0.1, 0.15) is 17.1 Å². The Hall–Kier alpha value is -3.94. The number of nitrogens with one attached hydrogen (secondary N) is 1. The maximum Gasteiger partial charge on any atom is 0.273 e. The zero-order chi connectivity index (χ0) is 21.7. The molecular weight excluding hydrogens is 392 g/mol. The molecule has 5 aromatic rings. The highest BCUT2D eigenvalue weighted by Gasteiger charge is 2.20. The Morgan fingerprint density at radius 1 is 1.06 bits per heavy atom. The number of aromatic amines is 1. The molecule has 5 rings (SSSR count). The monoisotopic (exact) mass is 414 g/mol. The Kier molecular flexibility index (Phi) is 4.35. The Morgan fingerprint density at radius 3 is 2.55 bits per heavy atom. The van der Waals surface area contributed by atoms with E-state index in [-0.39, 0.29) is 5.56 Å². The summed E-state index contributed by atoms with van der Waals surface area (Å²) in [6.45, 7) is 8.27. The molecule has 0 unspecified atom stereocenters. The lowest BCUT2D eigenvalue weighted by Gasteiger charge is -2.05. The summed E-state index contributed by atoms with van der Waals surface area (Å²) in [6.07, 6.45) is 0. The minimum Gasteiger partial charge on any atom is -0.361 e. The Balaban J connectivity index is 1.64. The van der Waals surface area contributed by atoms with Gasteiger partial charge in [-0.05, 0) is 39.3 Å². The Labute approximate surface area is 178 Å². The van der Waals surface area contributed by atoms with Crippen molar-refractivity contribution in [1.82, 2.24) is 29.5 Å². The largest absolute Gasteiger partial charge is 0.361 e. The van der Waals surface area contributed by atoms with Crippen LogP contribution in [0.3, 0.4) is 0 Å². The standard InChI is InChI=1S/C23H22N6O2/c1-13-10-14(2)28(25-13)12-18-16(4)31-27-22(18)19-11-20(30)29-23(24-19)15(3)21(26-29)17-8-6-5-7-9-17/h5-11,26H,12H2,1-4H3. The van der Waals surface area contributed by atoms with Gasteiger partial charge in [0.05, 0.1) is 17.9 Å². The number of fused-ring (bicyclic) bond motifs is 1. The lowest BCUT2D eigenvalue weighted by atomic mass is 10.1. The Morgan fingerprint density at radius 2 is 1.84 bits per heavy atom. The van der Waals surface area contributed by atoms with Gasteiger partial charge < -0.3 is 4.52 Å². The molecule has 4 aromatic heterocycles. The van der Waals surface area contributed by atoms with E-state index < -0.39 is 0 Å². The topological polar surface area (TPSA) is 94.0 Å². The highest BCUT2D eigenvalue weighted by molar-refractivity contribution is 5.72. The molecule has 8 heteroatoms. The lowest BCUT2D eigenvalue weighted by molar-refractivity contribution is 0.397. The molecule has 1 aromatic carbocycles. The van der Waals surface area contributed by atoms with Gasteiger partial charge in [0.2, 0.25) is 0 Å². The third-order valence-electron chi connectivity index (χ3n) is 5.55. The fraction of sp³-hybridized carbons (Fsp3) is 0.217. The molecule has 156 valence electrons. The first-order valence-corrected chi connectivity index (χ1v) is 10.1. The summed E-state index contributed by atoms with van der Waals surface area (Å²) in [6, 6.07) is 13.4. The molecule has 31 heavy (non-hydrogen) atoms. The van der Waals surface area contributed by atoms with E-state index in [1.165, 1.54) is 10.6 Å². The van der Waals surface area contributed by atoms with E-state index in [0.29, 0.717) is 29.3 Å². The summed E-state index contributed by atoms with van der Waals surface area (Å²) in [7, 11) is 0. The van der Waals surface area contributed by atoms with Gasteiger partial charge in [-0.3, -0.25) is 14.6 Å². The van der Waals surface area contributed by atoms with Gasteiger partial charge in [-0.25, -0.2) is 9.50 Å². The molecule has 0 aliphatic rings. The molecule has 0 amide bonds. The number of aryl methyl sites for hydroxylation is 4. The van der Waals surface area contributed by atoms with Crippen molar-refractivity contribution < 1.29 is 4.52 Å². The van der Waals surface area contributed by atoms with Crippen molar-refractivity contribution >= 4 is 5.65 Å². The van der Waals surface area contributed by atoms with Crippen molar-refractivity contribution in [3.8, 4) is 22.6 Å². The highest BCUT2D eigenvalue weighted by Crippen LogP contribution is 2.27. The second-order valence-corrected chi connectivity index (χ2v) is 7.77. The highest BCUT2D eigenvalue weighted by atomic mass is 16.5. The molecule has 0 saturated carbocycles. The minimum absolute atomic E-state index is 0.206. The second kappa shape index (κ2) is 7.09. The zero-order valence-electron chi connectivity index (χ0n) is 17.8. The van der Waals surface area contributed by atoms with E-state index in [2.05, 4.69) is 15.4 Å². The summed E-state index contributed by atoms with van der Waals surface area (Å²) >= 11 is 0. The molecule has 1 N–H and O–H groups in total. The molecule has 0 spiro atoms. The van der Waals surface area contributed by atoms with Gasteiger partial charge in [-0.2, -0.15) is 5.10 Å². The van der Waals surface area contributed by atoms with E-state index in [1.54, 1.807) is 0 Å². The normalized spacial score (nSPS) is 11.5. The summed E-state index contributed by atoms with van der Waals surface area (Å²) in [5, 5.41) is 11.9. The van der Waals surface area contributed by atoms with Gasteiger partial charge in [0.15, 0.2) is 5.65 Å². The Bertz CT molecular complexity index is 1470. The van der Waals surface area contributed by atoms with Gasteiger partial charge in [-0.15, -0.1) is 0 Å². The predicted molar refractivity (Wildman–Crippen MR) is 117 cm³/mol. The van der Waals surface area contributed by atoms with Crippen LogP contribution in [0.25, 0.3) is 28.3 Å². The van der Waals surface area contributed by atoms with Crippen LogP contribution in [0.1, 0.15) is 28.3 Å². The van der Waals surface area contributed by atoms with E-state index in [1.807, 2.05) is 68.8 Å². The fourth-order valence-electron chi connectivity index (χ4n) is 3.92. The smallest absolute Gasteiger partial charge is 0.273 e. The van der Waals surface area contributed by atoms with Crippen LogP contribution in [0.15, 0.2) is 51.8 Å². The molecule has 0 atom stereocenters. The van der Waals surface area contributed by atoms with E-state index in [9.17, 15) is 4.79 Å². The van der Waals surface area contributed by atoms with Crippen LogP contribution >= 0.6 is 0 Å². The van der Waals surface area contributed by atoms with Gasteiger partial charge in [0, 0.05) is 22.9 Å². The van der Waals surface area contributed by atoms with Crippen molar-refractivity contribution in [3.63, 3.8) is 0 Å². The van der Waals surface area contributed by atoms with Gasteiger partial charge in [0.25, 0.3) is 5.56 Å². The van der Waals surface area contributed by atoms with Crippen LogP contribution < -0.4 is 5.56 Å². The average Bonchev–Trinajstić information content (AvgIpc) is 3.39. The van der Waals surface area contributed by atoms with Crippen LogP contribution in [-0.2, 0) is 6.54 Å². The number of aromatic nitrogens is 6. The maximum absolute atomic E-state index is 12.9. The van der Waals surface area contributed by atoms with Crippen molar-refractivity contribution in [2.24, 2.45) is 0 Å². The molecule has 0 radical (unpaired) electrons. The summed E-state index contributed by atoms with van der Waals surface area (Å²) in [5.41, 5.74) is 7.01. The number of hydrogen-bond acceptors (Lipinski definition) is 5. The summed E-state index contributed by atoms with van der Waals surface area (Å²) in [5.74, 6) is 0.681. The van der Waals surface area contributed by atoms with E-state index in [0.717, 1.165) is 33.8 Å². The third kappa shape index (κ3) is 3.16. The van der Waals surface area contributed by atoms with Crippen LogP contribution in [0, 0.1) is 27.7 Å². The zero-order valence-corrected chi connectivity index (χ0v) is 17.8.